The summed E-state index contributed by atoms with van der Waals surface area (Å²) in [5.74, 6) is 0.610. The average molecular weight is 197 g/mol. The van der Waals surface area contributed by atoms with E-state index < -0.39 is 11.7 Å². The van der Waals surface area contributed by atoms with Crippen LogP contribution < -0.4 is 5.32 Å². The molecule has 14 heavy (non-hydrogen) atoms. The molecule has 5 nitrogen and oxygen atoms in total. The van der Waals surface area contributed by atoms with Crippen molar-refractivity contribution < 1.29 is 9.53 Å². The van der Waals surface area contributed by atoms with Gasteiger partial charge in [0, 0.05) is 7.05 Å². The second-order valence-corrected chi connectivity index (χ2v) is 4.02. The van der Waals surface area contributed by atoms with Crippen LogP contribution in [0.1, 0.15) is 20.8 Å². The third kappa shape index (κ3) is 3.08. The molecule has 0 fully saturated rings. The number of aryl methyl sites for hydroxylation is 1. The van der Waals surface area contributed by atoms with Gasteiger partial charge in [-0.25, -0.2) is 9.78 Å². The lowest BCUT2D eigenvalue weighted by Gasteiger charge is -2.19. The Hall–Kier alpha value is -1.52. The second-order valence-electron chi connectivity index (χ2n) is 4.02. The minimum Gasteiger partial charge on any atom is -0.444 e. The third-order valence-corrected chi connectivity index (χ3v) is 1.45. The first-order valence-electron chi connectivity index (χ1n) is 4.35. The maximum absolute atomic E-state index is 11.3. The highest BCUT2D eigenvalue weighted by Crippen LogP contribution is 2.10. The maximum Gasteiger partial charge on any atom is 0.413 e. The van der Waals surface area contributed by atoms with E-state index in [1.54, 1.807) is 24.1 Å². The molecule has 1 rings (SSSR count). The van der Waals surface area contributed by atoms with Gasteiger partial charge in [-0.3, -0.25) is 5.32 Å². The van der Waals surface area contributed by atoms with E-state index in [4.69, 9.17) is 4.74 Å². The number of carbonyl (C=O) groups is 1. The van der Waals surface area contributed by atoms with Gasteiger partial charge in [-0.05, 0) is 20.8 Å². The topological polar surface area (TPSA) is 56.2 Å². The molecule has 0 aliphatic heterocycles. The number of carbonyl (C=O) groups excluding carboxylic acids is 1. The lowest BCUT2D eigenvalue weighted by molar-refractivity contribution is 0.0635. The molecule has 1 aromatic heterocycles. The monoisotopic (exact) mass is 197 g/mol. The van der Waals surface area contributed by atoms with Gasteiger partial charge in [-0.15, -0.1) is 0 Å². The summed E-state index contributed by atoms with van der Waals surface area (Å²) in [5.41, 5.74) is -0.483. The first kappa shape index (κ1) is 10.6. The number of rotatable bonds is 1. The van der Waals surface area contributed by atoms with Gasteiger partial charge in [0.05, 0.1) is 12.5 Å². The van der Waals surface area contributed by atoms with Crippen molar-refractivity contribution in [2.75, 3.05) is 5.32 Å². The molecule has 0 aliphatic carbocycles. The standard InChI is InChI=1S/C9H15N3O2/c1-9(2,3)14-8(13)11-7-5-10-6-12(7)4/h5-6H,1-4H3,(H,11,13). The van der Waals surface area contributed by atoms with Crippen LogP contribution in [0, 0.1) is 0 Å². The van der Waals surface area contributed by atoms with Crippen molar-refractivity contribution in [2.45, 2.75) is 26.4 Å². The molecule has 0 aliphatic rings. The lowest BCUT2D eigenvalue weighted by atomic mass is 10.2. The van der Waals surface area contributed by atoms with Crippen molar-refractivity contribution >= 4 is 11.9 Å². The molecule has 0 radical (unpaired) electrons. The fourth-order valence-electron chi connectivity index (χ4n) is 0.886. The molecule has 5 heteroatoms. The first-order valence-corrected chi connectivity index (χ1v) is 4.35. The molecule has 1 N–H and O–H groups in total. The van der Waals surface area contributed by atoms with Crippen LogP contribution in [0.25, 0.3) is 0 Å². The molecule has 0 aromatic carbocycles. The SMILES string of the molecule is Cn1cncc1NC(=O)OC(C)(C)C. The molecule has 0 atom stereocenters. The van der Waals surface area contributed by atoms with Gasteiger partial charge in [-0.1, -0.05) is 0 Å². The van der Waals surface area contributed by atoms with Crippen molar-refractivity contribution in [1.29, 1.82) is 0 Å². The predicted octanol–water partition coefficient (Wildman–Crippen LogP) is 1.77. The summed E-state index contributed by atoms with van der Waals surface area (Å²) in [6.45, 7) is 5.45. The predicted molar refractivity (Wildman–Crippen MR) is 53.1 cm³/mol. The largest absolute Gasteiger partial charge is 0.444 e. The van der Waals surface area contributed by atoms with E-state index in [-0.39, 0.29) is 0 Å². The van der Waals surface area contributed by atoms with Crippen molar-refractivity contribution in [3.05, 3.63) is 12.5 Å². The number of amides is 1. The highest BCUT2D eigenvalue weighted by atomic mass is 16.6. The van der Waals surface area contributed by atoms with E-state index in [1.807, 2.05) is 20.8 Å². The number of aromatic nitrogens is 2. The Morgan fingerprint density at radius 1 is 1.57 bits per heavy atom. The average Bonchev–Trinajstić information content (AvgIpc) is 2.32. The zero-order valence-corrected chi connectivity index (χ0v) is 8.87. The summed E-state index contributed by atoms with van der Waals surface area (Å²) in [6.07, 6.45) is 2.69. The normalized spacial score (nSPS) is 11.1. The van der Waals surface area contributed by atoms with Crippen LogP contribution in [0.4, 0.5) is 10.6 Å². The van der Waals surface area contributed by atoms with Crippen molar-refractivity contribution in [1.82, 2.24) is 9.55 Å². The Labute approximate surface area is 83.1 Å². The highest BCUT2D eigenvalue weighted by molar-refractivity contribution is 5.83. The van der Waals surface area contributed by atoms with Crippen LogP contribution in [0.5, 0.6) is 0 Å². The Balaban J connectivity index is 2.54. The fraction of sp³-hybridized carbons (Fsp3) is 0.556. The van der Waals surface area contributed by atoms with Gasteiger partial charge in [-0.2, -0.15) is 0 Å². The van der Waals surface area contributed by atoms with Gasteiger partial charge in [0.15, 0.2) is 0 Å². The number of hydrogen-bond acceptors (Lipinski definition) is 3. The summed E-state index contributed by atoms with van der Waals surface area (Å²) < 4.78 is 6.77. The van der Waals surface area contributed by atoms with Gasteiger partial charge in [0.25, 0.3) is 0 Å². The Morgan fingerprint density at radius 3 is 2.64 bits per heavy atom. The molecule has 1 heterocycles. The van der Waals surface area contributed by atoms with Gasteiger partial charge in [0.2, 0.25) is 0 Å². The zero-order valence-electron chi connectivity index (χ0n) is 8.87. The molecule has 0 saturated heterocycles. The molecular formula is C9H15N3O2. The van der Waals surface area contributed by atoms with Crippen molar-refractivity contribution in [2.24, 2.45) is 7.05 Å². The Kier molecular flexibility index (Phi) is 2.78. The number of ether oxygens (including phenoxy) is 1. The van der Waals surface area contributed by atoms with Gasteiger partial charge >= 0.3 is 6.09 Å². The van der Waals surface area contributed by atoms with E-state index in [2.05, 4.69) is 10.3 Å². The molecule has 78 valence electrons. The van der Waals surface area contributed by atoms with Gasteiger partial charge < -0.3 is 9.30 Å². The van der Waals surface area contributed by atoms with E-state index in [1.165, 1.54) is 0 Å². The quantitative estimate of drug-likeness (QED) is 0.746. The van der Waals surface area contributed by atoms with Crippen LogP contribution in [0.2, 0.25) is 0 Å². The van der Waals surface area contributed by atoms with E-state index >= 15 is 0 Å². The molecule has 1 amide bonds. The van der Waals surface area contributed by atoms with Crippen molar-refractivity contribution in [3.63, 3.8) is 0 Å². The Morgan fingerprint density at radius 2 is 2.21 bits per heavy atom. The summed E-state index contributed by atoms with van der Waals surface area (Å²) in [7, 11) is 1.79. The van der Waals surface area contributed by atoms with E-state index in [0.29, 0.717) is 5.82 Å². The fourth-order valence-corrected chi connectivity index (χ4v) is 0.886. The maximum atomic E-state index is 11.3. The summed E-state index contributed by atoms with van der Waals surface area (Å²) >= 11 is 0. The molecule has 1 aromatic rings. The first-order chi connectivity index (χ1) is 6.38. The molecule has 0 bridgehead atoms. The van der Waals surface area contributed by atoms with Crippen LogP contribution >= 0.6 is 0 Å². The number of anilines is 1. The molecule has 0 spiro atoms. The number of hydrogen-bond donors (Lipinski definition) is 1. The minimum absolute atomic E-state index is 0.471. The van der Waals surface area contributed by atoms with E-state index in [0.717, 1.165) is 0 Å². The highest BCUT2D eigenvalue weighted by Gasteiger charge is 2.16. The van der Waals surface area contributed by atoms with E-state index in [9.17, 15) is 4.79 Å². The molecular weight excluding hydrogens is 182 g/mol. The number of nitrogens with zero attached hydrogens (tertiary/aromatic N) is 2. The van der Waals surface area contributed by atoms with Gasteiger partial charge in [0.1, 0.15) is 11.4 Å². The third-order valence-electron chi connectivity index (χ3n) is 1.45. The minimum atomic E-state index is -0.483. The lowest BCUT2D eigenvalue weighted by Crippen LogP contribution is -2.27. The smallest absolute Gasteiger partial charge is 0.413 e. The van der Waals surface area contributed by atoms with Crippen LogP contribution in [0.15, 0.2) is 12.5 Å². The summed E-state index contributed by atoms with van der Waals surface area (Å²) in [4.78, 5) is 15.2. The number of imidazole rings is 1. The van der Waals surface area contributed by atoms with Crippen LogP contribution in [-0.2, 0) is 11.8 Å². The summed E-state index contributed by atoms with van der Waals surface area (Å²) in [5, 5.41) is 2.59. The second kappa shape index (κ2) is 3.69. The van der Waals surface area contributed by atoms with Crippen molar-refractivity contribution in [3.8, 4) is 0 Å². The zero-order chi connectivity index (χ0) is 10.8. The number of nitrogens with one attached hydrogen (secondary N) is 1. The van der Waals surface area contributed by atoms with Crippen LogP contribution in [0.3, 0.4) is 0 Å². The summed E-state index contributed by atoms with van der Waals surface area (Å²) in [6, 6.07) is 0. The van der Waals surface area contributed by atoms with Crippen LogP contribution in [-0.4, -0.2) is 21.2 Å². The Bertz CT molecular complexity index is 325. The molecule has 0 saturated carbocycles. The molecule has 0 unspecified atom stereocenters.